The molecular weight excluding hydrogens is 222 g/mol. The molecule has 0 saturated heterocycles. The maximum absolute atomic E-state index is 13.4. The van der Waals surface area contributed by atoms with Gasteiger partial charge in [0, 0.05) is 5.56 Å². The minimum atomic E-state index is -0.865. The molecule has 1 N–H and O–H groups in total. The number of hydrogen-bond acceptors (Lipinski definition) is 1. The van der Waals surface area contributed by atoms with E-state index in [0.29, 0.717) is 0 Å². The Hall–Kier alpha value is -1.74. The standard InChI is InChI=1S/C14H12F2O/c1-9(17)13-8-11(4-7-14(13)16)10-2-5-12(15)6-3-10/h2-9,17H,1H3. The lowest BCUT2D eigenvalue weighted by atomic mass is 10.0. The van der Waals surface area contributed by atoms with Crippen molar-refractivity contribution >= 4 is 0 Å². The van der Waals surface area contributed by atoms with Gasteiger partial charge in [0.25, 0.3) is 0 Å². The number of aliphatic hydroxyl groups is 1. The maximum Gasteiger partial charge on any atom is 0.129 e. The van der Waals surface area contributed by atoms with Crippen molar-refractivity contribution in [1.82, 2.24) is 0 Å². The fraction of sp³-hybridized carbons (Fsp3) is 0.143. The smallest absolute Gasteiger partial charge is 0.129 e. The summed E-state index contributed by atoms with van der Waals surface area (Å²) in [5.41, 5.74) is 1.78. The van der Waals surface area contributed by atoms with Gasteiger partial charge in [-0.05, 0) is 42.3 Å². The molecule has 1 nitrogen and oxygen atoms in total. The molecule has 1 atom stereocenters. The Balaban J connectivity index is 2.46. The minimum absolute atomic E-state index is 0.242. The second kappa shape index (κ2) is 4.63. The predicted molar refractivity (Wildman–Crippen MR) is 62.4 cm³/mol. The average molecular weight is 234 g/mol. The van der Waals surface area contributed by atoms with E-state index in [1.807, 2.05) is 0 Å². The van der Waals surface area contributed by atoms with Crippen LogP contribution in [0.25, 0.3) is 11.1 Å². The third-order valence-corrected chi connectivity index (χ3v) is 2.62. The zero-order valence-corrected chi connectivity index (χ0v) is 9.32. The van der Waals surface area contributed by atoms with Crippen molar-refractivity contribution in [2.45, 2.75) is 13.0 Å². The van der Waals surface area contributed by atoms with Gasteiger partial charge in [0.05, 0.1) is 6.10 Å². The van der Waals surface area contributed by atoms with Gasteiger partial charge >= 0.3 is 0 Å². The Morgan fingerprint density at radius 2 is 1.53 bits per heavy atom. The Morgan fingerprint density at radius 3 is 2.12 bits per heavy atom. The first-order valence-electron chi connectivity index (χ1n) is 5.31. The molecule has 0 aromatic heterocycles. The van der Waals surface area contributed by atoms with Crippen LogP contribution in [0.15, 0.2) is 42.5 Å². The van der Waals surface area contributed by atoms with Crippen molar-refractivity contribution in [3.63, 3.8) is 0 Å². The molecule has 0 heterocycles. The summed E-state index contributed by atoms with van der Waals surface area (Å²) in [6.45, 7) is 1.51. The Kier molecular flexibility index (Phi) is 3.20. The number of halogens is 2. The molecule has 88 valence electrons. The van der Waals surface area contributed by atoms with Gasteiger partial charge in [-0.2, -0.15) is 0 Å². The quantitative estimate of drug-likeness (QED) is 0.840. The van der Waals surface area contributed by atoms with Gasteiger partial charge in [-0.3, -0.25) is 0 Å². The van der Waals surface area contributed by atoms with Gasteiger partial charge in [-0.1, -0.05) is 18.2 Å². The highest BCUT2D eigenvalue weighted by molar-refractivity contribution is 5.64. The van der Waals surface area contributed by atoms with Gasteiger partial charge in [-0.15, -0.1) is 0 Å². The fourth-order valence-electron chi connectivity index (χ4n) is 1.69. The van der Waals surface area contributed by atoms with Crippen molar-refractivity contribution < 1.29 is 13.9 Å². The number of rotatable bonds is 2. The van der Waals surface area contributed by atoms with Crippen LogP contribution in [0.3, 0.4) is 0 Å². The van der Waals surface area contributed by atoms with Crippen LogP contribution in [0.2, 0.25) is 0 Å². The molecule has 0 aliphatic carbocycles. The molecule has 0 aliphatic heterocycles. The topological polar surface area (TPSA) is 20.2 Å². The highest BCUT2D eigenvalue weighted by Gasteiger charge is 2.09. The van der Waals surface area contributed by atoms with E-state index in [2.05, 4.69) is 0 Å². The average Bonchev–Trinajstić information content (AvgIpc) is 2.30. The van der Waals surface area contributed by atoms with E-state index in [9.17, 15) is 13.9 Å². The summed E-state index contributed by atoms with van der Waals surface area (Å²) in [5, 5.41) is 9.42. The van der Waals surface area contributed by atoms with Crippen LogP contribution in [0.5, 0.6) is 0 Å². The highest BCUT2D eigenvalue weighted by atomic mass is 19.1. The Morgan fingerprint density at radius 1 is 0.941 bits per heavy atom. The van der Waals surface area contributed by atoms with Gasteiger partial charge < -0.3 is 5.11 Å². The minimum Gasteiger partial charge on any atom is -0.389 e. The molecule has 0 spiro atoms. The zero-order chi connectivity index (χ0) is 12.4. The van der Waals surface area contributed by atoms with E-state index in [-0.39, 0.29) is 11.4 Å². The van der Waals surface area contributed by atoms with Crippen LogP contribution in [0.4, 0.5) is 8.78 Å². The van der Waals surface area contributed by atoms with Crippen molar-refractivity contribution in [2.75, 3.05) is 0 Å². The zero-order valence-electron chi connectivity index (χ0n) is 9.32. The Labute approximate surface area is 98.3 Å². The first-order chi connectivity index (χ1) is 8.08. The molecule has 0 bridgehead atoms. The summed E-state index contributed by atoms with van der Waals surface area (Å²) < 4.78 is 26.2. The summed E-state index contributed by atoms with van der Waals surface area (Å²) in [6, 6.07) is 10.4. The summed E-state index contributed by atoms with van der Waals surface area (Å²) in [6.07, 6.45) is -0.865. The lowest BCUT2D eigenvalue weighted by Gasteiger charge is -2.09. The largest absolute Gasteiger partial charge is 0.389 e. The molecule has 0 saturated carbocycles. The maximum atomic E-state index is 13.4. The van der Waals surface area contributed by atoms with Gasteiger partial charge in [0.1, 0.15) is 11.6 Å². The molecule has 0 amide bonds. The first kappa shape index (κ1) is 11.7. The lowest BCUT2D eigenvalue weighted by molar-refractivity contribution is 0.194. The van der Waals surface area contributed by atoms with Crippen molar-refractivity contribution in [3.8, 4) is 11.1 Å². The number of aliphatic hydroxyl groups excluding tert-OH is 1. The summed E-state index contributed by atoms with van der Waals surface area (Å²) in [5.74, 6) is -0.752. The van der Waals surface area contributed by atoms with Crippen LogP contribution < -0.4 is 0 Å². The highest BCUT2D eigenvalue weighted by Crippen LogP contribution is 2.25. The van der Waals surface area contributed by atoms with Crippen molar-refractivity contribution in [3.05, 3.63) is 59.7 Å². The molecule has 2 rings (SSSR count). The van der Waals surface area contributed by atoms with Gasteiger partial charge in [0.2, 0.25) is 0 Å². The molecule has 1 unspecified atom stereocenters. The Bertz CT molecular complexity index is 518. The van der Waals surface area contributed by atoms with Crippen molar-refractivity contribution in [1.29, 1.82) is 0 Å². The molecule has 2 aromatic carbocycles. The molecule has 17 heavy (non-hydrogen) atoms. The fourth-order valence-corrected chi connectivity index (χ4v) is 1.69. The normalized spacial score (nSPS) is 12.5. The van der Waals surface area contributed by atoms with Crippen molar-refractivity contribution in [2.24, 2.45) is 0 Å². The SMILES string of the molecule is CC(O)c1cc(-c2ccc(F)cc2)ccc1F. The second-order valence-electron chi connectivity index (χ2n) is 3.92. The molecule has 3 heteroatoms. The summed E-state index contributed by atoms with van der Waals surface area (Å²) >= 11 is 0. The molecule has 2 aromatic rings. The first-order valence-corrected chi connectivity index (χ1v) is 5.31. The third kappa shape index (κ3) is 2.50. The van der Waals surface area contributed by atoms with E-state index in [4.69, 9.17) is 0 Å². The van der Waals surface area contributed by atoms with E-state index in [1.165, 1.54) is 25.1 Å². The van der Waals surface area contributed by atoms with E-state index >= 15 is 0 Å². The van der Waals surface area contributed by atoms with Gasteiger partial charge in [0.15, 0.2) is 0 Å². The number of benzene rings is 2. The van der Waals surface area contributed by atoms with Crippen LogP contribution in [-0.2, 0) is 0 Å². The van der Waals surface area contributed by atoms with E-state index in [0.717, 1.165) is 11.1 Å². The van der Waals surface area contributed by atoms with Crippen LogP contribution in [-0.4, -0.2) is 5.11 Å². The third-order valence-electron chi connectivity index (χ3n) is 2.62. The van der Waals surface area contributed by atoms with Gasteiger partial charge in [-0.25, -0.2) is 8.78 Å². The molecule has 0 fully saturated rings. The molecule has 0 aliphatic rings. The summed E-state index contributed by atoms with van der Waals surface area (Å²) in [4.78, 5) is 0. The van der Waals surface area contributed by atoms with Crippen LogP contribution >= 0.6 is 0 Å². The lowest BCUT2D eigenvalue weighted by Crippen LogP contribution is -1.96. The van der Waals surface area contributed by atoms with E-state index in [1.54, 1.807) is 24.3 Å². The van der Waals surface area contributed by atoms with E-state index < -0.39 is 11.9 Å². The number of hydrogen-bond donors (Lipinski definition) is 1. The van der Waals surface area contributed by atoms with Crippen LogP contribution in [0, 0.1) is 11.6 Å². The molecule has 0 radical (unpaired) electrons. The summed E-state index contributed by atoms with van der Waals surface area (Å²) in [7, 11) is 0. The molecular formula is C14H12F2O. The monoisotopic (exact) mass is 234 g/mol. The van der Waals surface area contributed by atoms with Crippen LogP contribution in [0.1, 0.15) is 18.6 Å². The second-order valence-corrected chi connectivity index (χ2v) is 3.92. The predicted octanol–water partition coefficient (Wildman–Crippen LogP) is 3.69.